The number of carbonyl (C=O) groups excluding carboxylic acids is 1. The molecule has 2 bridgehead atoms. The van der Waals surface area contributed by atoms with E-state index in [1.165, 1.54) is 37.6 Å². The van der Waals surface area contributed by atoms with Crippen molar-refractivity contribution in [2.24, 2.45) is 39.5 Å². The Labute approximate surface area is 292 Å². The molecule has 2 aromatic rings. The molecule has 5 aliphatic rings. The Kier molecular flexibility index (Phi) is 9.70. The molecule has 10 heteroatoms. The second-order valence-corrected chi connectivity index (χ2v) is 16.4. The van der Waals surface area contributed by atoms with Gasteiger partial charge in [-0.2, -0.15) is 0 Å². The van der Waals surface area contributed by atoms with E-state index in [1.54, 1.807) is 4.68 Å². The first-order chi connectivity index (χ1) is 23.0. The first-order valence-electron chi connectivity index (χ1n) is 18.4. The predicted molar refractivity (Wildman–Crippen MR) is 197 cm³/mol. The normalized spacial score (nSPS) is 27.7. The maximum Gasteiger partial charge on any atom is 0.265 e. The zero-order valence-corrected chi connectivity index (χ0v) is 31.4. The van der Waals surface area contributed by atoms with Gasteiger partial charge in [0.05, 0.1) is 29.1 Å². The molecule has 9 nitrogen and oxygen atoms in total. The lowest BCUT2D eigenvalue weighted by Gasteiger charge is -2.34. The van der Waals surface area contributed by atoms with Gasteiger partial charge in [-0.25, -0.2) is 9.67 Å². The van der Waals surface area contributed by atoms with Crippen LogP contribution < -0.4 is 19.7 Å². The number of rotatable bonds is 6. The molecule has 262 valence electrons. The Hall–Kier alpha value is -3.01. The molecule has 0 radical (unpaired) electrons. The molecule has 0 aromatic carbocycles. The van der Waals surface area contributed by atoms with Gasteiger partial charge in [0.15, 0.2) is 5.82 Å². The topological polar surface area (TPSA) is 96.7 Å². The molecular weight excluding hydrogens is 619 g/mol. The van der Waals surface area contributed by atoms with E-state index in [1.807, 2.05) is 58.2 Å². The van der Waals surface area contributed by atoms with Crippen LogP contribution in [-0.4, -0.2) is 51.2 Å². The quantitative estimate of drug-likeness (QED) is 0.298. The van der Waals surface area contributed by atoms with E-state index in [0.29, 0.717) is 58.3 Å². The van der Waals surface area contributed by atoms with Crippen LogP contribution in [0.15, 0.2) is 40.5 Å². The second-order valence-electron chi connectivity index (χ2n) is 15.6. The van der Waals surface area contributed by atoms with Crippen molar-refractivity contribution in [1.82, 2.24) is 24.8 Å². The molecule has 2 aromatic heterocycles. The van der Waals surface area contributed by atoms with E-state index in [9.17, 15) is 4.79 Å². The van der Waals surface area contributed by atoms with Crippen LogP contribution in [0.5, 0.6) is 5.88 Å². The van der Waals surface area contributed by atoms with Crippen LogP contribution in [-0.2, 0) is 0 Å². The Morgan fingerprint density at radius 2 is 1.83 bits per heavy atom. The molecule has 3 aliphatic carbocycles. The first kappa shape index (κ1) is 34.8. The highest BCUT2D eigenvalue weighted by atomic mass is 32.2. The van der Waals surface area contributed by atoms with Crippen molar-refractivity contribution >= 4 is 29.5 Å². The zero-order chi connectivity index (χ0) is 34.4. The van der Waals surface area contributed by atoms with Crippen molar-refractivity contribution in [2.75, 3.05) is 18.1 Å². The molecule has 2 spiro atoms. The molecule has 4 fully saturated rings. The Morgan fingerprint density at radius 3 is 2.48 bits per heavy atom. The summed E-state index contributed by atoms with van der Waals surface area (Å²) in [6.45, 7) is 20.9. The van der Waals surface area contributed by atoms with Crippen molar-refractivity contribution in [3.8, 4) is 11.7 Å². The van der Waals surface area contributed by atoms with Crippen LogP contribution in [0.3, 0.4) is 0 Å². The minimum Gasteiger partial charge on any atom is -0.477 e. The largest absolute Gasteiger partial charge is 0.477 e. The molecule has 2 aliphatic heterocycles. The van der Waals surface area contributed by atoms with Crippen molar-refractivity contribution in [2.45, 2.75) is 119 Å². The van der Waals surface area contributed by atoms with Crippen molar-refractivity contribution in [1.29, 1.82) is 0 Å². The van der Waals surface area contributed by atoms with Crippen LogP contribution in [0.1, 0.15) is 118 Å². The number of carbonyl (C=O) groups is 1. The van der Waals surface area contributed by atoms with E-state index in [4.69, 9.17) is 19.8 Å². The summed E-state index contributed by atoms with van der Waals surface area (Å²) in [6.07, 6.45) is 12.8. The number of hydrogen-bond acceptors (Lipinski definition) is 8. The van der Waals surface area contributed by atoms with Gasteiger partial charge in [-0.15, -0.1) is 5.10 Å². The molecule has 2 N–H and O–H groups in total. The number of ether oxygens (including phenoxy) is 1. The minimum atomic E-state index is -0.177. The van der Waals surface area contributed by atoms with E-state index in [-0.39, 0.29) is 17.5 Å². The van der Waals surface area contributed by atoms with Gasteiger partial charge >= 0.3 is 0 Å². The summed E-state index contributed by atoms with van der Waals surface area (Å²) in [5.74, 6) is 4.89. The lowest BCUT2D eigenvalue weighted by Crippen LogP contribution is -2.40. The number of fused-ring (bicyclic) bond motifs is 5. The van der Waals surface area contributed by atoms with E-state index >= 15 is 0 Å². The summed E-state index contributed by atoms with van der Waals surface area (Å²) >= 11 is 1.27. The van der Waals surface area contributed by atoms with Crippen LogP contribution in [0.4, 0.5) is 5.82 Å². The number of hydrogen-bond donors (Lipinski definition) is 2. The lowest BCUT2D eigenvalue weighted by molar-refractivity contribution is 0.0984. The highest BCUT2D eigenvalue weighted by molar-refractivity contribution is 8.01. The maximum absolute atomic E-state index is 13.8. The molecular formula is C38H57N7O2S. The molecule has 7 rings (SSSR count). The summed E-state index contributed by atoms with van der Waals surface area (Å²) < 4.78 is 11.0. The van der Waals surface area contributed by atoms with Crippen LogP contribution in [0.2, 0.25) is 0 Å². The number of aliphatic imine (C=N–C) groups is 1. The summed E-state index contributed by atoms with van der Waals surface area (Å²) in [7, 11) is 0. The molecule has 3 unspecified atom stereocenters. The fourth-order valence-electron chi connectivity index (χ4n) is 8.97. The number of allylic oxidation sites excluding steroid dienone is 1. The average Bonchev–Trinajstić information content (AvgIpc) is 4.02. The summed E-state index contributed by atoms with van der Waals surface area (Å²) in [6, 6.07) is 5.91. The third-order valence-corrected chi connectivity index (χ3v) is 12.8. The van der Waals surface area contributed by atoms with Gasteiger partial charge in [-0.1, -0.05) is 40.7 Å². The van der Waals surface area contributed by atoms with Gasteiger partial charge in [-0.3, -0.25) is 14.5 Å². The zero-order valence-electron chi connectivity index (χ0n) is 30.6. The fourth-order valence-corrected chi connectivity index (χ4v) is 9.60. The minimum absolute atomic E-state index is 0.175. The first-order valence-corrected chi connectivity index (χ1v) is 19.2. The predicted octanol–water partition coefficient (Wildman–Crippen LogP) is 8.17. The van der Waals surface area contributed by atoms with Crippen LogP contribution >= 0.6 is 11.9 Å². The van der Waals surface area contributed by atoms with Gasteiger partial charge < -0.3 is 15.0 Å². The van der Waals surface area contributed by atoms with Crippen molar-refractivity contribution in [3.63, 3.8) is 0 Å². The number of aromatic nitrogens is 3. The van der Waals surface area contributed by atoms with Crippen LogP contribution in [0.25, 0.3) is 5.82 Å². The monoisotopic (exact) mass is 675 g/mol. The molecule has 48 heavy (non-hydrogen) atoms. The summed E-state index contributed by atoms with van der Waals surface area (Å²) in [5, 5.41) is 8.99. The summed E-state index contributed by atoms with van der Waals surface area (Å²) in [5.41, 5.74) is 1.79. The molecule has 3 atom stereocenters. The van der Waals surface area contributed by atoms with E-state index in [2.05, 4.69) is 49.6 Å². The fraction of sp³-hybridized carbons (Fsp3) is 0.684. The molecule has 1 saturated heterocycles. The number of nitrogens with zero attached hydrogens (tertiary/aromatic N) is 5. The molecule has 1 amide bonds. The number of pyridine rings is 1. The molecule has 4 heterocycles. The highest BCUT2D eigenvalue weighted by Gasteiger charge is 2.85. The average molecular weight is 676 g/mol. The van der Waals surface area contributed by atoms with Gasteiger partial charge in [-0.05, 0) is 119 Å². The van der Waals surface area contributed by atoms with Gasteiger partial charge in [0.1, 0.15) is 5.82 Å². The van der Waals surface area contributed by atoms with Crippen LogP contribution in [0, 0.1) is 34.5 Å². The smallest absolute Gasteiger partial charge is 0.265 e. The van der Waals surface area contributed by atoms with Crippen molar-refractivity contribution < 1.29 is 9.53 Å². The lowest BCUT2D eigenvalue weighted by atomic mass is 9.82. The van der Waals surface area contributed by atoms with Gasteiger partial charge in [0.2, 0.25) is 5.88 Å². The Bertz CT molecular complexity index is 1540. The summed E-state index contributed by atoms with van der Waals surface area (Å²) in [4.78, 5) is 26.4. The number of anilines is 1. The third-order valence-electron chi connectivity index (χ3n) is 11.9. The Morgan fingerprint density at radius 1 is 1.12 bits per heavy atom. The van der Waals surface area contributed by atoms with E-state index in [0.717, 1.165) is 42.6 Å². The maximum atomic E-state index is 13.8. The van der Waals surface area contributed by atoms with Gasteiger partial charge in [0, 0.05) is 36.3 Å². The standard InChI is InChI=1S/C36H51N7O2S.C2H6/c1-8-31-38-24(5)37-27(22(2)3)19-23(4)25-20-34(6,7)42(21-25)32-26(33(44)41-46-31)9-10-29(39-32)43-17-11-30(40-43)45-18-12-28-35(13-14-35)36(28)15-16-36;1-2/h8-11,17,22-23,25,27-28H,12-16,18-21H2,1-7H3,(H,37,38)(H,41,44);1-2H3/b31-8+;. The number of amides is 1. The number of nitrogens with one attached hydrogen (secondary N) is 2. The van der Waals surface area contributed by atoms with Gasteiger partial charge in [0.25, 0.3) is 5.91 Å². The molecule has 3 saturated carbocycles. The Balaban J connectivity index is 0.00000197. The second kappa shape index (κ2) is 13.4. The number of amidine groups is 1. The third kappa shape index (κ3) is 6.50. The SMILES string of the molecule is C/C=C1\NC(C)=NC(C(C)C)CC(C)C2CN(c3nc(-n4ccc(OCCC5C6(CC6)C56CC6)n4)ccc3C(=O)NS1)C(C)(C)C2.CC. The van der Waals surface area contributed by atoms with Crippen molar-refractivity contribution in [3.05, 3.63) is 41.1 Å². The highest BCUT2D eigenvalue weighted by Crippen LogP contribution is 2.93. The van der Waals surface area contributed by atoms with E-state index < -0.39 is 0 Å².